The van der Waals surface area contributed by atoms with E-state index in [1.807, 2.05) is 67.7 Å². The van der Waals surface area contributed by atoms with Crippen molar-refractivity contribution in [3.05, 3.63) is 54.2 Å². The summed E-state index contributed by atoms with van der Waals surface area (Å²) in [5.74, 6) is 0.647. The number of aliphatic imine (C=N–C) groups is 1. The van der Waals surface area contributed by atoms with Gasteiger partial charge in [-0.05, 0) is 24.5 Å². The highest BCUT2D eigenvalue weighted by Crippen LogP contribution is 2.35. The second-order valence-electron chi connectivity index (χ2n) is 6.09. The molecule has 3 heterocycles. The number of methoxy groups -OCH3 is 1. The van der Waals surface area contributed by atoms with Crippen LogP contribution in [0.3, 0.4) is 0 Å². The van der Waals surface area contributed by atoms with E-state index in [4.69, 9.17) is 9.15 Å². The first-order chi connectivity index (χ1) is 16.7. The Kier molecular flexibility index (Phi) is 16.5. The van der Waals surface area contributed by atoms with Crippen molar-refractivity contribution in [3.63, 3.8) is 0 Å². The Morgan fingerprint density at radius 2 is 1.71 bits per heavy atom. The van der Waals surface area contributed by atoms with Gasteiger partial charge >= 0.3 is 0 Å². The molecule has 3 aromatic rings. The van der Waals surface area contributed by atoms with Crippen molar-refractivity contribution in [1.29, 1.82) is 0 Å². The minimum Gasteiger partial charge on any atom is -0.481 e. The van der Waals surface area contributed by atoms with Gasteiger partial charge in [0, 0.05) is 42.1 Å². The zero-order valence-corrected chi connectivity index (χ0v) is 23.3. The molecule has 0 saturated carbocycles. The molecule has 1 saturated heterocycles. The Morgan fingerprint density at radius 1 is 1.06 bits per heavy atom. The molecule has 0 aliphatic carbocycles. The maximum Gasteiger partial charge on any atom is 0.213 e. The van der Waals surface area contributed by atoms with E-state index in [0.29, 0.717) is 17.4 Å². The van der Waals surface area contributed by atoms with E-state index in [9.17, 15) is 4.39 Å². The quantitative estimate of drug-likeness (QED) is 0.271. The fraction of sp³-hybridized carbons (Fsp3) is 0.481. The molecule has 0 N–H and O–H groups in total. The highest BCUT2D eigenvalue weighted by molar-refractivity contribution is 8.13. The monoisotopic (exact) mass is 491 g/mol. The minimum atomic E-state index is -0.279. The van der Waals surface area contributed by atoms with Gasteiger partial charge in [0.2, 0.25) is 5.88 Å². The molecule has 1 aliphatic rings. The van der Waals surface area contributed by atoms with Gasteiger partial charge < -0.3 is 14.1 Å². The van der Waals surface area contributed by atoms with Crippen molar-refractivity contribution >= 4 is 33.6 Å². The molecule has 0 unspecified atom stereocenters. The summed E-state index contributed by atoms with van der Waals surface area (Å²) in [5.41, 5.74) is 2.52. The van der Waals surface area contributed by atoms with Crippen LogP contribution in [0, 0.1) is 5.82 Å². The third kappa shape index (κ3) is 8.35. The predicted octanol–water partition coefficient (Wildman–Crippen LogP) is 8.53. The van der Waals surface area contributed by atoms with Gasteiger partial charge in [-0.3, -0.25) is 0 Å². The van der Waals surface area contributed by atoms with Crippen LogP contribution in [0.5, 0.6) is 5.88 Å². The van der Waals surface area contributed by atoms with Crippen LogP contribution in [0.25, 0.3) is 11.0 Å². The van der Waals surface area contributed by atoms with Gasteiger partial charge in [0.25, 0.3) is 0 Å². The van der Waals surface area contributed by atoms with Gasteiger partial charge in [-0.15, -0.1) is 0 Å². The number of pyridine rings is 1. The summed E-state index contributed by atoms with van der Waals surface area (Å²) in [6.07, 6.45) is 5.46. The third-order valence-corrected chi connectivity index (χ3v) is 5.21. The number of thioether (sulfide) groups is 1. The summed E-state index contributed by atoms with van der Waals surface area (Å²) >= 11 is 1.61. The van der Waals surface area contributed by atoms with Crippen LogP contribution in [-0.4, -0.2) is 41.5 Å². The number of benzene rings is 1. The summed E-state index contributed by atoms with van der Waals surface area (Å²) in [5, 5.41) is 1.94. The van der Waals surface area contributed by atoms with Gasteiger partial charge in [0.15, 0.2) is 5.17 Å². The van der Waals surface area contributed by atoms with Crippen LogP contribution in [0.1, 0.15) is 66.9 Å². The molecule has 0 bridgehead atoms. The van der Waals surface area contributed by atoms with Gasteiger partial charge in [-0.25, -0.2) is 14.4 Å². The highest BCUT2D eigenvalue weighted by Gasteiger charge is 2.32. The maximum absolute atomic E-state index is 13.3. The SMILES string of the molecule is CC.CC.CC.CC.COc1ccc(N=C(SC)N2CC(c3coc4cc(F)ccc34)C2)cn1. The number of ether oxygens (including phenoxy) is 1. The molecule has 1 aliphatic heterocycles. The van der Waals surface area contributed by atoms with E-state index in [1.54, 1.807) is 43.5 Å². The van der Waals surface area contributed by atoms with Crippen molar-refractivity contribution in [1.82, 2.24) is 9.88 Å². The van der Waals surface area contributed by atoms with E-state index >= 15 is 0 Å². The summed E-state index contributed by atoms with van der Waals surface area (Å²) < 4.78 is 23.9. The minimum absolute atomic E-state index is 0.279. The summed E-state index contributed by atoms with van der Waals surface area (Å²) in [6.45, 7) is 17.7. The normalized spacial score (nSPS) is 12.4. The fourth-order valence-corrected chi connectivity index (χ4v) is 3.69. The molecule has 2 aromatic heterocycles. The second kappa shape index (κ2) is 17.9. The van der Waals surface area contributed by atoms with Crippen LogP contribution in [0.2, 0.25) is 0 Å². The van der Waals surface area contributed by atoms with Gasteiger partial charge in [0.1, 0.15) is 11.4 Å². The zero-order valence-electron chi connectivity index (χ0n) is 22.5. The van der Waals surface area contributed by atoms with Crippen molar-refractivity contribution < 1.29 is 13.5 Å². The summed E-state index contributed by atoms with van der Waals surface area (Å²) in [4.78, 5) is 11.1. The number of nitrogens with zero attached hydrogens (tertiary/aromatic N) is 3. The van der Waals surface area contributed by atoms with Crippen molar-refractivity contribution in [3.8, 4) is 5.88 Å². The molecule has 0 radical (unpaired) electrons. The first-order valence-corrected chi connectivity index (χ1v) is 13.4. The van der Waals surface area contributed by atoms with E-state index < -0.39 is 0 Å². The lowest BCUT2D eigenvalue weighted by molar-refractivity contribution is 0.258. The van der Waals surface area contributed by atoms with Crippen LogP contribution in [-0.2, 0) is 0 Å². The average Bonchev–Trinajstić information content (AvgIpc) is 3.30. The molecule has 0 atom stereocenters. The zero-order chi connectivity index (χ0) is 26.1. The predicted molar refractivity (Wildman–Crippen MR) is 147 cm³/mol. The molecule has 7 heteroatoms. The Morgan fingerprint density at radius 3 is 2.24 bits per heavy atom. The number of hydrogen-bond donors (Lipinski definition) is 0. The lowest BCUT2D eigenvalue weighted by Gasteiger charge is -2.40. The van der Waals surface area contributed by atoms with Crippen LogP contribution in [0.15, 0.2) is 52.2 Å². The molecule has 0 spiro atoms. The topological polar surface area (TPSA) is 50.9 Å². The molecule has 1 aromatic carbocycles. The maximum atomic E-state index is 13.3. The van der Waals surface area contributed by atoms with Gasteiger partial charge in [-0.2, -0.15) is 0 Å². The third-order valence-electron chi connectivity index (χ3n) is 4.50. The number of fused-ring (bicyclic) bond motifs is 1. The molecule has 1 fully saturated rings. The molecule has 34 heavy (non-hydrogen) atoms. The number of hydrogen-bond acceptors (Lipinski definition) is 5. The first kappa shape index (κ1) is 31.5. The van der Waals surface area contributed by atoms with E-state index in [0.717, 1.165) is 34.9 Å². The molecule has 5 nitrogen and oxygen atoms in total. The van der Waals surface area contributed by atoms with Crippen LogP contribution in [0.4, 0.5) is 10.1 Å². The number of likely N-dealkylation sites (tertiary alicyclic amines) is 1. The summed E-state index contributed by atoms with van der Waals surface area (Å²) in [6, 6.07) is 8.38. The van der Waals surface area contributed by atoms with Crippen LogP contribution < -0.4 is 4.74 Å². The number of amidine groups is 1. The Bertz CT molecular complexity index is 952. The number of furan rings is 1. The fourth-order valence-electron chi connectivity index (χ4n) is 3.09. The van der Waals surface area contributed by atoms with Crippen molar-refractivity contribution in [2.75, 3.05) is 26.5 Å². The average molecular weight is 492 g/mol. The number of halogens is 1. The molecular formula is C27H42FN3O2S. The van der Waals surface area contributed by atoms with Crippen molar-refractivity contribution in [2.24, 2.45) is 4.99 Å². The Labute approximate surface area is 209 Å². The largest absolute Gasteiger partial charge is 0.481 e. The molecular weight excluding hydrogens is 449 g/mol. The molecule has 0 amide bonds. The molecule has 190 valence electrons. The number of rotatable bonds is 3. The Balaban J connectivity index is 0.00000124. The highest BCUT2D eigenvalue weighted by atomic mass is 32.2. The van der Waals surface area contributed by atoms with Crippen LogP contribution >= 0.6 is 11.8 Å². The smallest absolute Gasteiger partial charge is 0.213 e. The summed E-state index contributed by atoms with van der Waals surface area (Å²) in [7, 11) is 1.59. The van der Waals surface area contributed by atoms with E-state index in [-0.39, 0.29) is 5.82 Å². The Hall–Kier alpha value is -2.54. The standard InChI is InChI=1S/C19H18FN3O2S.4C2H6/c1-24-18-6-4-14(8-21-18)22-19(26-2)23-9-12(10-23)16-11-25-17-7-13(20)3-5-15(16)17;4*1-2/h3-8,11-12H,9-10H2,1-2H3;4*1-2H3. The molecule has 4 rings (SSSR count). The van der Waals surface area contributed by atoms with E-state index in [2.05, 4.69) is 14.9 Å². The van der Waals surface area contributed by atoms with Crippen molar-refractivity contribution in [2.45, 2.75) is 61.3 Å². The second-order valence-corrected chi connectivity index (χ2v) is 6.86. The lowest BCUT2D eigenvalue weighted by Crippen LogP contribution is -2.47. The first-order valence-electron chi connectivity index (χ1n) is 12.2. The van der Waals surface area contributed by atoms with Gasteiger partial charge in [-0.1, -0.05) is 67.2 Å². The van der Waals surface area contributed by atoms with Gasteiger partial charge in [0.05, 0.1) is 25.3 Å². The number of aromatic nitrogens is 1. The van der Waals surface area contributed by atoms with E-state index in [1.165, 1.54) is 12.1 Å². The lowest BCUT2D eigenvalue weighted by atomic mass is 9.92.